The van der Waals surface area contributed by atoms with Gasteiger partial charge in [-0.2, -0.15) is 5.10 Å². The molecule has 0 saturated heterocycles. The zero-order valence-corrected chi connectivity index (χ0v) is 21.8. The van der Waals surface area contributed by atoms with Gasteiger partial charge in [0.2, 0.25) is 0 Å². The maximum atomic E-state index is 11.5. The maximum absolute atomic E-state index is 11.5. The fourth-order valence-corrected chi connectivity index (χ4v) is 9.32. The first-order chi connectivity index (χ1) is 15.6. The molecule has 5 nitrogen and oxygen atoms in total. The van der Waals surface area contributed by atoms with Gasteiger partial charge in [-0.05, 0) is 97.7 Å². The van der Waals surface area contributed by atoms with E-state index < -0.39 is 6.03 Å². The van der Waals surface area contributed by atoms with E-state index in [0.717, 1.165) is 55.1 Å². The van der Waals surface area contributed by atoms with Crippen molar-refractivity contribution < 1.29 is 9.90 Å². The summed E-state index contributed by atoms with van der Waals surface area (Å²) in [6, 6.07) is -0.590. The number of nitrogens with one attached hydrogen (secondary N) is 1. The third-order valence-corrected chi connectivity index (χ3v) is 11.0. The van der Waals surface area contributed by atoms with Crippen LogP contribution in [0.3, 0.4) is 0 Å². The van der Waals surface area contributed by atoms with E-state index in [9.17, 15) is 9.90 Å². The second-order valence-corrected chi connectivity index (χ2v) is 13.2. The van der Waals surface area contributed by atoms with Crippen LogP contribution in [0.1, 0.15) is 105 Å². The van der Waals surface area contributed by atoms with Crippen molar-refractivity contribution in [2.45, 2.75) is 111 Å². The van der Waals surface area contributed by atoms with Crippen LogP contribution in [-0.2, 0) is 0 Å². The van der Waals surface area contributed by atoms with E-state index in [0.29, 0.717) is 17.3 Å². The highest BCUT2D eigenvalue weighted by molar-refractivity contribution is 5.90. The topological polar surface area (TPSA) is 87.7 Å². The molecular formula is C28H49N3O2. The Morgan fingerprint density at radius 2 is 1.79 bits per heavy atom. The van der Waals surface area contributed by atoms with Crippen LogP contribution in [0.25, 0.3) is 0 Å². The van der Waals surface area contributed by atoms with Crippen LogP contribution >= 0.6 is 0 Å². The number of aliphatic hydroxyl groups excluding tert-OH is 1. The van der Waals surface area contributed by atoms with Crippen molar-refractivity contribution in [1.29, 1.82) is 0 Å². The Labute approximate surface area is 201 Å². The Morgan fingerprint density at radius 1 is 1.09 bits per heavy atom. The summed E-state index contributed by atoms with van der Waals surface area (Å²) >= 11 is 0. The Hall–Kier alpha value is -1.10. The van der Waals surface area contributed by atoms with Gasteiger partial charge in [-0.3, -0.25) is 0 Å². The molecule has 9 atom stereocenters. The van der Waals surface area contributed by atoms with Crippen molar-refractivity contribution >= 4 is 11.7 Å². The van der Waals surface area contributed by atoms with E-state index >= 15 is 0 Å². The van der Waals surface area contributed by atoms with Gasteiger partial charge in [0.1, 0.15) is 0 Å². The van der Waals surface area contributed by atoms with E-state index in [4.69, 9.17) is 5.73 Å². The predicted octanol–water partition coefficient (Wildman–Crippen LogP) is 6.10. The van der Waals surface area contributed by atoms with Crippen molar-refractivity contribution in [3.05, 3.63) is 0 Å². The molecule has 0 aromatic carbocycles. The number of hydrogen-bond donors (Lipinski definition) is 3. The number of amides is 2. The minimum Gasteiger partial charge on any atom is -0.393 e. The highest BCUT2D eigenvalue weighted by Crippen LogP contribution is 2.68. The smallest absolute Gasteiger partial charge is 0.332 e. The second-order valence-electron chi connectivity index (χ2n) is 13.2. The van der Waals surface area contributed by atoms with Crippen LogP contribution in [0.4, 0.5) is 4.79 Å². The number of primary amides is 1. The quantitative estimate of drug-likeness (QED) is 0.419. The fraction of sp³-hybridized carbons (Fsp3) is 0.929. The molecule has 2 amide bonds. The van der Waals surface area contributed by atoms with Crippen LogP contribution in [-0.4, -0.2) is 23.0 Å². The van der Waals surface area contributed by atoms with Gasteiger partial charge < -0.3 is 10.8 Å². The molecule has 0 heterocycles. The highest BCUT2D eigenvalue weighted by Gasteiger charge is 2.62. The molecule has 4 saturated carbocycles. The fourth-order valence-electron chi connectivity index (χ4n) is 9.32. The van der Waals surface area contributed by atoms with Crippen molar-refractivity contribution in [3.63, 3.8) is 0 Å². The van der Waals surface area contributed by atoms with Gasteiger partial charge >= 0.3 is 6.03 Å². The summed E-state index contributed by atoms with van der Waals surface area (Å²) in [5.41, 5.74) is 9.62. The molecule has 33 heavy (non-hydrogen) atoms. The van der Waals surface area contributed by atoms with Crippen molar-refractivity contribution in [2.24, 2.45) is 63.1 Å². The zero-order valence-electron chi connectivity index (χ0n) is 21.8. The number of carbonyl (C=O) groups is 1. The molecule has 4 aliphatic rings. The van der Waals surface area contributed by atoms with Gasteiger partial charge in [-0.1, -0.05) is 53.9 Å². The maximum Gasteiger partial charge on any atom is 0.332 e. The summed E-state index contributed by atoms with van der Waals surface area (Å²) < 4.78 is 0. The molecule has 0 aromatic heterocycles. The van der Waals surface area contributed by atoms with Gasteiger partial charge in [-0.25, -0.2) is 10.2 Å². The number of fused-ring (bicyclic) bond motifs is 5. The minimum atomic E-state index is -0.590. The summed E-state index contributed by atoms with van der Waals surface area (Å²) in [6.07, 6.45) is 12.9. The predicted molar refractivity (Wildman–Crippen MR) is 135 cm³/mol. The van der Waals surface area contributed by atoms with E-state index in [1.807, 2.05) is 0 Å². The molecule has 4 fully saturated rings. The van der Waals surface area contributed by atoms with Crippen LogP contribution in [0.15, 0.2) is 5.10 Å². The van der Waals surface area contributed by atoms with Crippen molar-refractivity contribution in [1.82, 2.24) is 5.43 Å². The molecule has 4 aliphatic carbocycles. The number of hydrazone groups is 1. The third kappa shape index (κ3) is 4.60. The number of rotatable bonds is 6. The number of nitrogens with two attached hydrogens (primary N) is 1. The van der Waals surface area contributed by atoms with E-state index in [-0.39, 0.29) is 17.4 Å². The van der Waals surface area contributed by atoms with Crippen molar-refractivity contribution in [2.75, 3.05) is 0 Å². The van der Waals surface area contributed by atoms with Gasteiger partial charge in [0.25, 0.3) is 0 Å². The average Bonchev–Trinajstić information content (AvgIpc) is 3.10. The Balaban J connectivity index is 1.57. The summed E-state index contributed by atoms with van der Waals surface area (Å²) in [4.78, 5) is 11.5. The highest BCUT2D eigenvalue weighted by atomic mass is 16.3. The first kappa shape index (κ1) is 25.0. The minimum absolute atomic E-state index is 0.169. The molecule has 5 heteroatoms. The number of carbonyl (C=O) groups excluding carboxylic acids is 1. The van der Waals surface area contributed by atoms with Gasteiger partial charge in [0.05, 0.1) is 6.10 Å². The number of aliphatic hydroxyl groups is 1. The van der Waals surface area contributed by atoms with Crippen LogP contribution in [0, 0.1) is 52.3 Å². The van der Waals surface area contributed by atoms with Gasteiger partial charge in [0.15, 0.2) is 0 Å². The normalized spacial score (nSPS) is 44.8. The zero-order chi connectivity index (χ0) is 24.0. The SMILES string of the molecule is CC(C)CCC[C@@H](C)[C@H]1CC[C@H]2[C@@H]3C/C(=N\NC(N)=O)C4C[C@@H](O)CC[C@]4(C)[C@H]3CC[C@]12C. The van der Waals surface area contributed by atoms with E-state index in [2.05, 4.69) is 45.1 Å². The molecule has 4 rings (SSSR count). The van der Waals surface area contributed by atoms with Gasteiger partial charge in [-0.15, -0.1) is 0 Å². The van der Waals surface area contributed by atoms with Crippen LogP contribution in [0.5, 0.6) is 0 Å². The molecule has 0 aliphatic heterocycles. The molecule has 0 radical (unpaired) electrons. The molecule has 1 unspecified atom stereocenters. The molecule has 0 bridgehead atoms. The second kappa shape index (κ2) is 9.51. The molecule has 4 N–H and O–H groups in total. The summed E-state index contributed by atoms with van der Waals surface area (Å²) in [7, 11) is 0. The Morgan fingerprint density at radius 3 is 2.48 bits per heavy atom. The lowest BCUT2D eigenvalue weighted by molar-refractivity contribution is -0.0939. The Bertz CT molecular complexity index is 751. The standard InChI is InChI=1S/C28H49N3O2/c1-17(2)7-6-8-18(3)21-9-10-22-20-16-25(30-31-26(29)33)24-15-19(32)11-13-28(24,5)23(20)12-14-27(21,22)4/h17-24,32H,6-16H2,1-5H3,(H3,29,31,33)/b30-25+/t18-,19+,20+,21-,22+,23+,24?,27-,28-/m1/s1. The van der Waals surface area contributed by atoms with Crippen LogP contribution in [0.2, 0.25) is 0 Å². The first-order valence-electron chi connectivity index (χ1n) is 13.9. The summed E-state index contributed by atoms with van der Waals surface area (Å²) in [6.45, 7) is 12.3. The molecular weight excluding hydrogens is 410 g/mol. The van der Waals surface area contributed by atoms with Gasteiger partial charge in [0, 0.05) is 11.6 Å². The van der Waals surface area contributed by atoms with E-state index in [1.165, 1.54) is 44.9 Å². The number of hydrogen-bond acceptors (Lipinski definition) is 3. The lowest BCUT2D eigenvalue weighted by Crippen LogP contribution is -2.57. The number of urea groups is 1. The monoisotopic (exact) mass is 459 g/mol. The lowest BCUT2D eigenvalue weighted by atomic mass is 9.44. The Kier molecular flexibility index (Phi) is 7.21. The number of nitrogens with zero attached hydrogens (tertiary/aromatic N) is 1. The van der Waals surface area contributed by atoms with Crippen LogP contribution < -0.4 is 11.2 Å². The summed E-state index contributed by atoms with van der Waals surface area (Å²) in [5.74, 6) is 4.78. The average molecular weight is 460 g/mol. The lowest BCUT2D eigenvalue weighted by Gasteiger charge is -2.61. The first-order valence-corrected chi connectivity index (χ1v) is 13.9. The molecule has 0 aromatic rings. The third-order valence-electron chi connectivity index (χ3n) is 11.0. The summed E-state index contributed by atoms with van der Waals surface area (Å²) in [5, 5.41) is 15.0. The van der Waals surface area contributed by atoms with E-state index in [1.54, 1.807) is 0 Å². The molecule has 0 spiro atoms. The molecule has 188 valence electrons. The largest absolute Gasteiger partial charge is 0.393 e. The van der Waals surface area contributed by atoms with Crippen molar-refractivity contribution in [3.8, 4) is 0 Å².